The summed E-state index contributed by atoms with van der Waals surface area (Å²) in [5.74, 6) is 2.06. The van der Waals surface area contributed by atoms with Crippen LogP contribution in [0.25, 0.3) is 22.0 Å². The van der Waals surface area contributed by atoms with Crippen molar-refractivity contribution in [1.29, 1.82) is 0 Å². The highest BCUT2D eigenvalue weighted by Crippen LogP contribution is 2.29. The Labute approximate surface area is 165 Å². The van der Waals surface area contributed by atoms with Gasteiger partial charge in [-0.15, -0.1) is 21.5 Å². The normalized spacial score (nSPS) is 10.9. The first-order valence-electron chi connectivity index (χ1n) is 8.33. The molecule has 0 atom stereocenters. The second kappa shape index (κ2) is 7.94. The van der Waals surface area contributed by atoms with Gasteiger partial charge in [0.2, 0.25) is 5.89 Å². The van der Waals surface area contributed by atoms with Crippen molar-refractivity contribution < 1.29 is 9.15 Å². The number of ether oxygens (including phenoxy) is 1. The SMILES string of the molecule is COc1ccc(-c2nc(CSc3nnc(-c4ccc(C)cc4)o3)cs2)cc1. The van der Waals surface area contributed by atoms with Gasteiger partial charge in [-0.2, -0.15) is 0 Å². The number of hydrogen-bond donors (Lipinski definition) is 0. The summed E-state index contributed by atoms with van der Waals surface area (Å²) in [6.07, 6.45) is 0. The van der Waals surface area contributed by atoms with Crippen molar-refractivity contribution in [2.75, 3.05) is 7.11 Å². The fourth-order valence-corrected chi connectivity index (χ4v) is 4.04. The fraction of sp³-hybridized carbons (Fsp3) is 0.150. The number of hydrogen-bond acceptors (Lipinski definition) is 7. The molecule has 0 radical (unpaired) electrons. The first-order chi connectivity index (χ1) is 13.2. The maximum Gasteiger partial charge on any atom is 0.277 e. The Morgan fingerprint density at radius 1 is 1.00 bits per heavy atom. The lowest BCUT2D eigenvalue weighted by Gasteiger charge is -2.00. The van der Waals surface area contributed by atoms with Crippen molar-refractivity contribution >= 4 is 23.1 Å². The van der Waals surface area contributed by atoms with E-state index in [-0.39, 0.29) is 0 Å². The van der Waals surface area contributed by atoms with Crippen molar-refractivity contribution in [3.8, 4) is 27.8 Å². The molecule has 136 valence electrons. The molecular weight excluding hydrogens is 378 g/mol. The molecule has 2 aromatic heterocycles. The van der Waals surface area contributed by atoms with Crippen LogP contribution in [0, 0.1) is 6.92 Å². The molecule has 0 bridgehead atoms. The van der Waals surface area contributed by atoms with Crippen molar-refractivity contribution in [3.63, 3.8) is 0 Å². The molecule has 0 N–H and O–H groups in total. The molecule has 5 nitrogen and oxygen atoms in total. The number of aromatic nitrogens is 3. The van der Waals surface area contributed by atoms with Crippen LogP contribution in [-0.4, -0.2) is 22.3 Å². The molecule has 4 rings (SSSR count). The standard InChI is InChI=1S/C20H17N3O2S2/c1-13-3-5-14(6-4-13)18-22-23-20(25-18)27-12-16-11-26-19(21-16)15-7-9-17(24-2)10-8-15/h3-11H,12H2,1-2H3. The molecule has 0 aliphatic carbocycles. The first-order valence-corrected chi connectivity index (χ1v) is 10.2. The Morgan fingerprint density at radius 3 is 2.48 bits per heavy atom. The van der Waals surface area contributed by atoms with E-state index in [0.29, 0.717) is 16.9 Å². The quantitative estimate of drug-likeness (QED) is 0.404. The van der Waals surface area contributed by atoms with Gasteiger partial charge in [-0.3, -0.25) is 0 Å². The lowest BCUT2D eigenvalue weighted by Crippen LogP contribution is -1.84. The van der Waals surface area contributed by atoms with Crippen molar-refractivity contribution in [2.45, 2.75) is 17.9 Å². The van der Waals surface area contributed by atoms with Crippen LogP contribution in [0.5, 0.6) is 5.75 Å². The second-order valence-electron chi connectivity index (χ2n) is 5.90. The van der Waals surface area contributed by atoms with Crippen LogP contribution < -0.4 is 4.74 Å². The van der Waals surface area contributed by atoms with E-state index in [9.17, 15) is 0 Å². The Morgan fingerprint density at radius 2 is 1.74 bits per heavy atom. The van der Waals surface area contributed by atoms with Crippen LogP contribution in [0.3, 0.4) is 0 Å². The van der Waals surface area contributed by atoms with Gasteiger partial charge in [-0.25, -0.2) is 4.98 Å². The van der Waals surface area contributed by atoms with Gasteiger partial charge in [-0.1, -0.05) is 29.5 Å². The maximum atomic E-state index is 5.75. The largest absolute Gasteiger partial charge is 0.497 e. The number of nitrogens with zero attached hydrogens (tertiary/aromatic N) is 3. The lowest BCUT2D eigenvalue weighted by atomic mass is 10.1. The number of thiazole rings is 1. The molecule has 7 heteroatoms. The van der Waals surface area contributed by atoms with Crippen LogP contribution in [0.2, 0.25) is 0 Å². The van der Waals surface area contributed by atoms with Crippen LogP contribution in [0.15, 0.2) is 63.6 Å². The molecule has 0 amide bonds. The van der Waals surface area contributed by atoms with E-state index in [4.69, 9.17) is 14.1 Å². The molecule has 4 aromatic rings. The number of rotatable bonds is 6. The Bertz CT molecular complexity index is 1020. The van der Waals surface area contributed by atoms with Crippen LogP contribution in [0.1, 0.15) is 11.3 Å². The molecule has 0 unspecified atom stereocenters. The van der Waals surface area contributed by atoms with E-state index in [2.05, 4.69) is 15.6 Å². The number of thioether (sulfide) groups is 1. The second-order valence-corrected chi connectivity index (χ2v) is 7.69. The number of methoxy groups -OCH3 is 1. The topological polar surface area (TPSA) is 61.0 Å². The van der Waals surface area contributed by atoms with Crippen molar-refractivity contribution in [2.24, 2.45) is 0 Å². The summed E-state index contributed by atoms with van der Waals surface area (Å²) in [6, 6.07) is 15.9. The zero-order valence-electron chi connectivity index (χ0n) is 14.9. The predicted octanol–water partition coefficient (Wildman–Crippen LogP) is 5.47. The highest BCUT2D eigenvalue weighted by atomic mass is 32.2. The zero-order valence-corrected chi connectivity index (χ0v) is 16.5. The Hall–Kier alpha value is -2.64. The summed E-state index contributed by atoms with van der Waals surface area (Å²) in [5.41, 5.74) is 4.20. The van der Waals surface area contributed by atoms with Crippen LogP contribution in [0.4, 0.5) is 0 Å². The van der Waals surface area contributed by atoms with Gasteiger partial charge in [0.15, 0.2) is 0 Å². The van der Waals surface area contributed by atoms with Crippen molar-refractivity contribution in [1.82, 2.24) is 15.2 Å². The van der Waals surface area contributed by atoms with Gasteiger partial charge < -0.3 is 9.15 Å². The summed E-state index contributed by atoms with van der Waals surface area (Å²) in [6.45, 7) is 2.05. The summed E-state index contributed by atoms with van der Waals surface area (Å²) in [5, 5.41) is 11.8. The minimum absolute atomic E-state index is 0.537. The summed E-state index contributed by atoms with van der Waals surface area (Å²) < 4.78 is 10.9. The number of benzene rings is 2. The first kappa shape index (κ1) is 17.8. The van der Waals surface area contributed by atoms with Gasteiger partial charge in [0.1, 0.15) is 10.8 Å². The summed E-state index contributed by atoms with van der Waals surface area (Å²) >= 11 is 3.11. The third-order valence-electron chi connectivity index (χ3n) is 3.94. The van der Waals surface area contributed by atoms with Gasteiger partial charge in [0, 0.05) is 22.3 Å². The van der Waals surface area contributed by atoms with Gasteiger partial charge >= 0.3 is 0 Å². The third-order valence-corrected chi connectivity index (χ3v) is 5.73. The average Bonchev–Trinajstić information content (AvgIpc) is 3.37. The van der Waals surface area contributed by atoms with E-state index in [1.807, 2.05) is 55.5 Å². The summed E-state index contributed by atoms with van der Waals surface area (Å²) in [7, 11) is 1.66. The Kier molecular flexibility index (Phi) is 5.22. The lowest BCUT2D eigenvalue weighted by molar-refractivity contribution is 0.415. The third kappa shape index (κ3) is 4.20. The maximum absolute atomic E-state index is 5.75. The van der Waals surface area contributed by atoms with Crippen LogP contribution >= 0.6 is 23.1 Å². The molecular formula is C20H17N3O2S2. The molecule has 2 aromatic carbocycles. The van der Waals surface area contributed by atoms with E-state index in [1.54, 1.807) is 18.4 Å². The molecule has 0 fully saturated rings. The van der Waals surface area contributed by atoms with Gasteiger partial charge in [0.05, 0.1) is 12.8 Å². The van der Waals surface area contributed by atoms with E-state index >= 15 is 0 Å². The monoisotopic (exact) mass is 395 g/mol. The molecule has 2 heterocycles. The van der Waals surface area contributed by atoms with E-state index < -0.39 is 0 Å². The average molecular weight is 396 g/mol. The molecule has 0 aliphatic heterocycles. The smallest absolute Gasteiger partial charge is 0.277 e. The zero-order chi connectivity index (χ0) is 18.6. The minimum Gasteiger partial charge on any atom is -0.497 e. The molecule has 0 saturated carbocycles. The number of aryl methyl sites for hydroxylation is 1. The highest BCUT2D eigenvalue weighted by Gasteiger charge is 2.11. The molecule has 0 spiro atoms. The van der Waals surface area contributed by atoms with Crippen LogP contribution in [-0.2, 0) is 5.75 Å². The molecule has 0 saturated heterocycles. The minimum atomic E-state index is 0.537. The molecule has 0 aliphatic rings. The van der Waals surface area contributed by atoms with Crippen molar-refractivity contribution in [3.05, 3.63) is 65.2 Å². The fourth-order valence-electron chi connectivity index (χ4n) is 2.46. The highest BCUT2D eigenvalue weighted by molar-refractivity contribution is 7.98. The summed E-state index contributed by atoms with van der Waals surface area (Å²) in [4.78, 5) is 4.69. The Balaban J connectivity index is 1.40. The van der Waals surface area contributed by atoms with Gasteiger partial charge in [0.25, 0.3) is 5.22 Å². The predicted molar refractivity (Wildman–Crippen MR) is 108 cm³/mol. The van der Waals surface area contributed by atoms with Gasteiger partial charge in [-0.05, 0) is 43.3 Å². The van der Waals surface area contributed by atoms with E-state index in [0.717, 1.165) is 27.6 Å². The molecule has 27 heavy (non-hydrogen) atoms. The van der Waals surface area contributed by atoms with E-state index in [1.165, 1.54) is 17.3 Å².